The number of rotatable bonds is 8. The van der Waals surface area contributed by atoms with Gasteiger partial charge >= 0.3 is 0 Å². The lowest BCUT2D eigenvalue weighted by molar-refractivity contribution is 1.18. The van der Waals surface area contributed by atoms with Crippen LogP contribution in [0.3, 0.4) is 0 Å². The van der Waals surface area contributed by atoms with E-state index >= 15 is 0 Å². The van der Waals surface area contributed by atoms with E-state index in [-0.39, 0.29) is 0 Å². The molecule has 0 atom stereocenters. The fourth-order valence-electron chi connectivity index (χ4n) is 9.50. The molecule has 0 spiro atoms. The first kappa shape index (κ1) is 36.5. The summed E-state index contributed by atoms with van der Waals surface area (Å²) in [6, 6.07) is 89.9. The van der Waals surface area contributed by atoms with Crippen LogP contribution in [0.1, 0.15) is 0 Å². The van der Waals surface area contributed by atoms with Crippen molar-refractivity contribution in [1.29, 1.82) is 0 Å². The lowest BCUT2D eigenvalue weighted by Crippen LogP contribution is -2.09. The van der Waals surface area contributed by atoms with E-state index in [2.05, 4.69) is 263 Å². The molecule has 0 N–H and O–H groups in total. The van der Waals surface area contributed by atoms with Crippen LogP contribution in [-0.4, -0.2) is 9.13 Å². The van der Waals surface area contributed by atoms with Crippen molar-refractivity contribution >= 4 is 60.7 Å². The van der Waals surface area contributed by atoms with Crippen molar-refractivity contribution in [1.82, 2.24) is 9.13 Å². The van der Waals surface area contributed by atoms with E-state index in [4.69, 9.17) is 0 Å². The van der Waals surface area contributed by atoms with Crippen LogP contribution in [0.15, 0.2) is 249 Å². The van der Waals surface area contributed by atoms with Crippen molar-refractivity contribution in [2.45, 2.75) is 0 Å². The number of para-hydroxylation sites is 4. The second-order valence-electron chi connectivity index (χ2n) is 16.2. The molecule has 0 aliphatic rings. The Bertz CT molecular complexity index is 3570. The molecule has 0 amide bonds. The highest BCUT2D eigenvalue weighted by Gasteiger charge is 2.17. The van der Waals surface area contributed by atoms with Gasteiger partial charge in [-0.05, 0) is 130 Å². The fraction of sp³-hybridized carbons (Fsp3) is 0. The van der Waals surface area contributed by atoms with Gasteiger partial charge in [-0.25, -0.2) is 0 Å². The molecule has 2 aromatic heterocycles. The number of benzene rings is 10. The van der Waals surface area contributed by atoms with E-state index in [0.717, 1.165) is 22.7 Å². The van der Waals surface area contributed by atoms with Gasteiger partial charge in [0.2, 0.25) is 0 Å². The first-order valence-corrected chi connectivity index (χ1v) is 21.6. The van der Waals surface area contributed by atoms with Crippen molar-refractivity contribution in [3.8, 4) is 44.8 Å². The molecule has 0 aliphatic carbocycles. The Morgan fingerprint density at radius 3 is 1.06 bits per heavy atom. The van der Waals surface area contributed by atoms with Crippen molar-refractivity contribution in [2.75, 3.05) is 4.90 Å². The minimum Gasteiger partial charge on any atom is -0.311 e. The number of anilines is 3. The van der Waals surface area contributed by atoms with Crippen molar-refractivity contribution in [3.05, 3.63) is 249 Å². The second kappa shape index (κ2) is 15.3. The molecule has 0 unspecified atom stereocenters. The number of nitrogens with zero attached hydrogens (tertiary/aromatic N) is 3. The normalized spacial score (nSPS) is 11.5. The van der Waals surface area contributed by atoms with Crippen molar-refractivity contribution in [3.63, 3.8) is 0 Å². The minimum atomic E-state index is 1.10. The van der Waals surface area contributed by atoms with Gasteiger partial charge in [0, 0.05) is 50.0 Å². The minimum absolute atomic E-state index is 1.10. The molecule has 0 radical (unpaired) electrons. The van der Waals surface area contributed by atoms with Gasteiger partial charge in [0.25, 0.3) is 0 Å². The second-order valence-corrected chi connectivity index (χ2v) is 16.2. The number of hydrogen-bond acceptors (Lipinski definition) is 1. The Kier molecular flexibility index (Phi) is 8.83. The van der Waals surface area contributed by atoms with E-state index < -0.39 is 0 Å². The van der Waals surface area contributed by atoms with Crippen LogP contribution in [0, 0.1) is 0 Å². The van der Waals surface area contributed by atoms with Crippen LogP contribution in [0.5, 0.6) is 0 Å². The van der Waals surface area contributed by atoms with Crippen LogP contribution >= 0.6 is 0 Å². The molecule has 3 heteroatoms. The van der Waals surface area contributed by atoms with Gasteiger partial charge in [0.15, 0.2) is 0 Å². The van der Waals surface area contributed by atoms with Gasteiger partial charge in [0.05, 0.1) is 22.1 Å². The van der Waals surface area contributed by atoms with Gasteiger partial charge in [-0.1, -0.05) is 152 Å². The van der Waals surface area contributed by atoms with Crippen LogP contribution in [0.25, 0.3) is 88.4 Å². The predicted molar refractivity (Wildman–Crippen MR) is 266 cm³/mol. The molecule has 10 aromatic carbocycles. The molecule has 0 saturated carbocycles. The molecule has 0 fully saturated rings. The SMILES string of the molecule is c1ccc(-c2ccc(-n3c4ccccc4c4cc(-c5ccc(N(c6ccccc6)c6ccc(-c7ccc8c(c7)c7ccccc7n8-c7ccccc7)cc6)cc5)ccc43)cc2)cc1. The summed E-state index contributed by atoms with van der Waals surface area (Å²) >= 11 is 0. The third kappa shape index (κ3) is 6.38. The van der Waals surface area contributed by atoms with Gasteiger partial charge in [-0.2, -0.15) is 0 Å². The van der Waals surface area contributed by atoms with Crippen molar-refractivity contribution in [2.24, 2.45) is 0 Å². The predicted octanol–water partition coefficient (Wildman–Crippen LogP) is 16.4. The zero-order valence-electron chi connectivity index (χ0n) is 34.5. The summed E-state index contributed by atoms with van der Waals surface area (Å²) in [4.78, 5) is 2.34. The topological polar surface area (TPSA) is 13.1 Å². The number of hydrogen-bond donors (Lipinski definition) is 0. The molecule has 3 nitrogen and oxygen atoms in total. The summed E-state index contributed by atoms with van der Waals surface area (Å²) in [5.74, 6) is 0. The Morgan fingerprint density at radius 1 is 0.222 bits per heavy atom. The van der Waals surface area contributed by atoms with E-state index in [1.54, 1.807) is 0 Å². The van der Waals surface area contributed by atoms with Gasteiger partial charge in [-0.15, -0.1) is 0 Å². The molecular formula is C60H41N3. The van der Waals surface area contributed by atoms with E-state index in [1.807, 2.05) is 0 Å². The third-order valence-corrected chi connectivity index (χ3v) is 12.5. The van der Waals surface area contributed by atoms with Gasteiger partial charge < -0.3 is 14.0 Å². The standard InChI is InChI=1S/C60H41N3/c1-4-14-42(15-5-1)43-24-36-52(37-25-43)63-58-23-13-11-21-54(58)56-41-47(31-39-60(56)63)45-28-34-51(35-29-45)61(48-16-6-2-7-17-48)50-32-26-44(27-33-50)46-30-38-59-55(40-46)53-20-10-12-22-57(53)62(59)49-18-8-3-9-19-49/h1-41H. The Labute approximate surface area is 366 Å². The quantitative estimate of drug-likeness (QED) is 0.149. The van der Waals surface area contributed by atoms with E-state index in [9.17, 15) is 0 Å². The molecular weight excluding hydrogens is 763 g/mol. The number of aromatic nitrogens is 2. The molecule has 2 heterocycles. The number of fused-ring (bicyclic) bond motifs is 6. The molecule has 63 heavy (non-hydrogen) atoms. The monoisotopic (exact) mass is 803 g/mol. The Morgan fingerprint density at radius 2 is 0.556 bits per heavy atom. The highest BCUT2D eigenvalue weighted by molar-refractivity contribution is 6.11. The summed E-state index contributed by atoms with van der Waals surface area (Å²) in [6.45, 7) is 0. The Balaban J connectivity index is 0.873. The largest absolute Gasteiger partial charge is 0.311 e. The molecule has 0 saturated heterocycles. The maximum absolute atomic E-state index is 2.39. The molecule has 296 valence electrons. The third-order valence-electron chi connectivity index (χ3n) is 12.5. The highest BCUT2D eigenvalue weighted by Crippen LogP contribution is 2.40. The van der Waals surface area contributed by atoms with Crippen LogP contribution < -0.4 is 4.90 Å². The average Bonchev–Trinajstić information content (AvgIpc) is 3.88. The lowest BCUT2D eigenvalue weighted by atomic mass is 10.0. The highest BCUT2D eigenvalue weighted by atomic mass is 15.1. The van der Waals surface area contributed by atoms with Crippen LogP contribution in [0.2, 0.25) is 0 Å². The maximum atomic E-state index is 2.39. The van der Waals surface area contributed by atoms with Crippen molar-refractivity contribution < 1.29 is 0 Å². The van der Waals surface area contributed by atoms with Gasteiger partial charge in [0.1, 0.15) is 0 Å². The van der Waals surface area contributed by atoms with Crippen LogP contribution in [-0.2, 0) is 0 Å². The summed E-state index contributed by atoms with van der Waals surface area (Å²) < 4.78 is 4.75. The summed E-state index contributed by atoms with van der Waals surface area (Å²) in [7, 11) is 0. The summed E-state index contributed by atoms with van der Waals surface area (Å²) in [5.41, 5.74) is 17.6. The zero-order chi connectivity index (χ0) is 41.7. The lowest BCUT2D eigenvalue weighted by Gasteiger charge is -2.26. The molecule has 12 rings (SSSR count). The summed E-state index contributed by atoms with van der Waals surface area (Å²) in [6.07, 6.45) is 0. The molecule has 0 aliphatic heterocycles. The summed E-state index contributed by atoms with van der Waals surface area (Å²) in [5, 5.41) is 4.99. The van der Waals surface area contributed by atoms with E-state index in [0.29, 0.717) is 0 Å². The van der Waals surface area contributed by atoms with Crippen LogP contribution in [0.4, 0.5) is 17.1 Å². The molecule has 12 aromatic rings. The Hall–Kier alpha value is -8.40. The average molecular weight is 804 g/mol. The van der Waals surface area contributed by atoms with E-state index in [1.165, 1.54) is 82.7 Å². The molecule has 0 bridgehead atoms. The van der Waals surface area contributed by atoms with Gasteiger partial charge in [-0.3, -0.25) is 0 Å². The first-order chi connectivity index (χ1) is 31.2. The first-order valence-electron chi connectivity index (χ1n) is 21.6. The zero-order valence-corrected chi connectivity index (χ0v) is 34.5. The fourth-order valence-corrected chi connectivity index (χ4v) is 9.50. The maximum Gasteiger partial charge on any atom is 0.0541 e. The smallest absolute Gasteiger partial charge is 0.0541 e.